The zero-order valence-electron chi connectivity index (χ0n) is 20.2. The summed E-state index contributed by atoms with van der Waals surface area (Å²) in [6, 6.07) is 26.5. The fourth-order valence-electron chi connectivity index (χ4n) is 4.18. The summed E-state index contributed by atoms with van der Waals surface area (Å²) in [6.07, 6.45) is 3.82. The largest absolute Gasteiger partial charge is 0.422 e. The molecule has 186 valence electrons. The third-order valence-corrected chi connectivity index (χ3v) is 7.03. The molecule has 3 aromatic heterocycles. The molecule has 0 fully saturated rings. The molecule has 0 aliphatic rings. The van der Waals surface area contributed by atoms with Crippen LogP contribution in [0.25, 0.3) is 40.1 Å². The summed E-state index contributed by atoms with van der Waals surface area (Å²) in [5, 5.41) is 7.41. The number of benzene rings is 3. The van der Waals surface area contributed by atoms with Crippen LogP contribution in [-0.2, 0) is 0 Å². The molecule has 0 radical (unpaired) electrons. The average molecular weight is 538 g/mol. The van der Waals surface area contributed by atoms with Crippen LogP contribution in [0.1, 0.15) is 17.0 Å². The van der Waals surface area contributed by atoms with Gasteiger partial charge in [-0.1, -0.05) is 71.4 Å². The third-order valence-electron chi connectivity index (χ3n) is 5.97. The first-order chi connectivity index (χ1) is 18.6. The van der Waals surface area contributed by atoms with Crippen molar-refractivity contribution >= 4 is 51.7 Å². The fourth-order valence-corrected chi connectivity index (χ4v) is 5.26. The third kappa shape index (κ3) is 4.65. The minimum Gasteiger partial charge on any atom is -0.422 e. The van der Waals surface area contributed by atoms with Crippen LogP contribution in [0.15, 0.2) is 109 Å². The van der Waals surface area contributed by atoms with E-state index in [1.165, 1.54) is 11.3 Å². The maximum absolute atomic E-state index is 13.2. The van der Waals surface area contributed by atoms with E-state index >= 15 is 0 Å². The first-order valence-corrected chi connectivity index (χ1v) is 13.1. The molecule has 3 heterocycles. The number of para-hydroxylation sites is 1. The summed E-state index contributed by atoms with van der Waals surface area (Å²) in [6.45, 7) is 1.86. The summed E-state index contributed by atoms with van der Waals surface area (Å²) < 4.78 is 13.3. The summed E-state index contributed by atoms with van der Waals surface area (Å²) in [5.74, 6) is 0.536. The highest BCUT2D eigenvalue weighted by Gasteiger charge is 2.21. The van der Waals surface area contributed by atoms with Crippen LogP contribution < -0.4 is 10.4 Å². The van der Waals surface area contributed by atoms with E-state index in [9.17, 15) is 4.79 Å². The van der Waals surface area contributed by atoms with Crippen LogP contribution in [0.2, 0.25) is 5.02 Å². The van der Waals surface area contributed by atoms with Gasteiger partial charge in [-0.3, -0.25) is 4.57 Å². The number of rotatable bonds is 5. The Morgan fingerprint density at radius 3 is 2.53 bits per heavy atom. The number of halogens is 1. The second-order valence-corrected chi connectivity index (χ2v) is 9.81. The predicted molar refractivity (Wildman–Crippen MR) is 152 cm³/mol. The average Bonchev–Trinajstić information content (AvgIpc) is 3.50. The van der Waals surface area contributed by atoms with Crippen molar-refractivity contribution in [2.75, 3.05) is 0 Å². The number of hydrogen-bond acceptors (Lipinski definition) is 6. The molecule has 0 spiro atoms. The van der Waals surface area contributed by atoms with Crippen LogP contribution in [0.3, 0.4) is 0 Å². The maximum Gasteiger partial charge on any atom is 0.345 e. The summed E-state index contributed by atoms with van der Waals surface area (Å²) >= 11 is 7.63. The van der Waals surface area contributed by atoms with Gasteiger partial charge in [-0.05, 0) is 55.0 Å². The Balaban J connectivity index is 1.61. The van der Waals surface area contributed by atoms with E-state index in [4.69, 9.17) is 25.5 Å². The predicted octanol–water partition coefficient (Wildman–Crippen LogP) is 7.66. The number of nitrogens with zero attached hydrogens (tertiary/aromatic N) is 3. The number of fused-ring (bicyclic) bond motifs is 1. The molecule has 0 saturated carbocycles. The summed E-state index contributed by atoms with van der Waals surface area (Å²) in [5.41, 5.74) is 4.13. The molecular weight excluding hydrogens is 518 g/mol. The Labute approximate surface area is 226 Å². The lowest BCUT2D eigenvalue weighted by Crippen LogP contribution is -2.17. The van der Waals surface area contributed by atoms with Crippen molar-refractivity contribution in [3.8, 4) is 16.9 Å². The highest BCUT2D eigenvalue weighted by atomic mass is 35.5. The van der Waals surface area contributed by atoms with Crippen molar-refractivity contribution in [1.82, 2.24) is 9.72 Å². The molecule has 3 aromatic carbocycles. The zero-order chi connectivity index (χ0) is 26.1. The molecule has 0 amide bonds. The fraction of sp³-hybridized carbons (Fsp3) is 0.0333. The molecule has 0 atom stereocenters. The van der Waals surface area contributed by atoms with Crippen molar-refractivity contribution in [3.63, 3.8) is 0 Å². The van der Waals surface area contributed by atoms with Gasteiger partial charge in [0.25, 0.3) is 0 Å². The zero-order valence-corrected chi connectivity index (χ0v) is 21.7. The molecule has 0 bridgehead atoms. The topological polar surface area (TPSA) is 73.5 Å². The molecule has 0 aliphatic heterocycles. The van der Waals surface area contributed by atoms with E-state index in [-0.39, 0.29) is 0 Å². The molecular formula is C30H20ClN3O3S. The normalized spacial score (nSPS) is 12.1. The van der Waals surface area contributed by atoms with Crippen LogP contribution >= 0.6 is 22.9 Å². The number of aromatic nitrogens is 2. The van der Waals surface area contributed by atoms with Gasteiger partial charge in [0.1, 0.15) is 17.0 Å². The molecule has 38 heavy (non-hydrogen) atoms. The van der Waals surface area contributed by atoms with Gasteiger partial charge in [0, 0.05) is 15.8 Å². The maximum atomic E-state index is 13.2. The van der Waals surface area contributed by atoms with Crippen LogP contribution in [-0.4, -0.2) is 9.72 Å². The second kappa shape index (κ2) is 10.1. The van der Waals surface area contributed by atoms with Crippen molar-refractivity contribution in [3.05, 3.63) is 128 Å². The molecule has 0 unspecified atom stereocenters. The van der Waals surface area contributed by atoms with Gasteiger partial charge in [-0.2, -0.15) is 0 Å². The van der Waals surface area contributed by atoms with E-state index < -0.39 is 5.63 Å². The van der Waals surface area contributed by atoms with Gasteiger partial charge in [-0.25, -0.2) is 9.79 Å². The Bertz CT molecular complexity index is 1920. The van der Waals surface area contributed by atoms with E-state index in [1.807, 2.05) is 89.7 Å². The highest BCUT2D eigenvalue weighted by Crippen LogP contribution is 2.29. The van der Waals surface area contributed by atoms with Gasteiger partial charge >= 0.3 is 5.63 Å². The van der Waals surface area contributed by atoms with Gasteiger partial charge in [0.2, 0.25) is 0 Å². The smallest absolute Gasteiger partial charge is 0.345 e. The Hall–Kier alpha value is -4.46. The molecule has 6 nitrogen and oxygen atoms in total. The van der Waals surface area contributed by atoms with Crippen molar-refractivity contribution in [2.24, 2.45) is 4.99 Å². The lowest BCUT2D eigenvalue weighted by atomic mass is 10.1. The van der Waals surface area contributed by atoms with Crippen LogP contribution in [0.5, 0.6) is 0 Å². The summed E-state index contributed by atoms with van der Waals surface area (Å²) in [4.78, 5) is 18.7. The lowest BCUT2D eigenvalue weighted by Gasteiger charge is -2.09. The number of aryl methyl sites for hydroxylation is 1. The van der Waals surface area contributed by atoms with Gasteiger partial charge in [0.05, 0.1) is 16.9 Å². The minimum atomic E-state index is -0.465. The van der Waals surface area contributed by atoms with E-state index in [0.717, 1.165) is 16.6 Å². The Morgan fingerprint density at radius 2 is 1.74 bits per heavy atom. The SMILES string of the molecule is Cc1noc(/C=C/c2ccccc2)c1-n1c(-c2cc3cc(Cl)ccc3oc2=O)csc1=Nc1ccccc1. The minimum absolute atomic E-state index is 0.379. The molecule has 6 rings (SSSR count). The molecule has 6 aromatic rings. The summed E-state index contributed by atoms with van der Waals surface area (Å²) in [7, 11) is 0. The van der Waals surface area contributed by atoms with Crippen LogP contribution in [0, 0.1) is 6.92 Å². The second-order valence-electron chi connectivity index (χ2n) is 8.54. The van der Waals surface area contributed by atoms with Gasteiger partial charge in [0.15, 0.2) is 10.6 Å². The molecule has 0 saturated heterocycles. The van der Waals surface area contributed by atoms with Crippen molar-refractivity contribution < 1.29 is 8.94 Å². The monoisotopic (exact) mass is 537 g/mol. The van der Waals surface area contributed by atoms with E-state index in [1.54, 1.807) is 24.3 Å². The van der Waals surface area contributed by atoms with Crippen molar-refractivity contribution in [1.29, 1.82) is 0 Å². The standard InChI is InChI=1S/C30H20ClN3O3S/c1-19-28(27(37-33-19)14-12-20-8-4-2-5-9-20)34-25(18-38-30(34)32-23-10-6-3-7-11-23)24-17-21-16-22(31)13-15-26(21)36-29(24)35/h2-18H,1H3/b14-12+,32-30?. The quantitative estimate of drug-likeness (QED) is 0.211. The van der Waals surface area contributed by atoms with Gasteiger partial charge in [-0.15, -0.1) is 11.3 Å². The lowest BCUT2D eigenvalue weighted by molar-refractivity contribution is 0.408. The first-order valence-electron chi connectivity index (χ1n) is 11.8. The highest BCUT2D eigenvalue weighted by molar-refractivity contribution is 7.07. The van der Waals surface area contributed by atoms with Crippen molar-refractivity contribution in [2.45, 2.75) is 6.92 Å². The molecule has 0 aliphatic carbocycles. The number of thiazole rings is 1. The van der Waals surface area contributed by atoms with E-state index in [0.29, 0.717) is 43.8 Å². The van der Waals surface area contributed by atoms with Crippen LogP contribution in [0.4, 0.5) is 5.69 Å². The Morgan fingerprint density at radius 1 is 0.974 bits per heavy atom. The first kappa shape index (κ1) is 23.9. The molecule has 8 heteroatoms. The Kier molecular flexibility index (Phi) is 6.37. The van der Waals surface area contributed by atoms with Gasteiger partial charge < -0.3 is 8.94 Å². The van der Waals surface area contributed by atoms with E-state index in [2.05, 4.69) is 5.16 Å². The molecule has 0 N–H and O–H groups in total. The number of hydrogen-bond donors (Lipinski definition) is 0.